The minimum absolute atomic E-state index is 0.0439. The summed E-state index contributed by atoms with van der Waals surface area (Å²) in [7, 11) is -3.77. The van der Waals surface area contributed by atoms with Crippen LogP contribution in [0.4, 0.5) is 24.9 Å². The fourth-order valence-electron chi connectivity index (χ4n) is 4.43. The van der Waals surface area contributed by atoms with Crippen molar-refractivity contribution in [3.05, 3.63) is 54.1 Å². The molecular weight excluding hydrogens is 581 g/mol. The van der Waals surface area contributed by atoms with Gasteiger partial charge in [-0.2, -0.15) is 18.2 Å². The molecule has 2 aromatic heterocycles. The summed E-state index contributed by atoms with van der Waals surface area (Å²) in [5.41, 5.74) is -0.132. The van der Waals surface area contributed by atoms with Crippen molar-refractivity contribution in [1.29, 1.82) is 0 Å². The molecule has 2 aliphatic rings. The predicted octanol–water partition coefficient (Wildman–Crippen LogP) is 3.90. The van der Waals surface area contributed by atoms with E-state index in [4.69, 9.17) is 9.88 Å². The molecule has 3 aromatic rings. The van der Waals surface area contributed by atoms with Crippen molar-refractivity contribution in [3.63, 3.8) is 0 Å². The van der Waals surface area contributed by atoms with Gasteiger partial charge in [-0.3, -0.25) is 5.14 Å². The highest BCUT2D eigenvalue weighted by Gasteiger charge is 2.64. The summed E-state index contributed by atoms with van der Waals surface area (Å²) < 4.78 is 82.9. The van der Waals surface area contributed by atoms with E-state index in [1.807, 2.05) is 6.08 Å². The van der Waals surface area contributed by atoms with Gasteiger partial charge in [0.25, 0.3) is 0 Å². The van der Waals surface area contributed by atoms with Crippen molar-refractivity contribution in [2.45, 2.75) is 41.1 Å². The third-order valence-electron chi connectivity index (χ3n) is 6.94. The molecule has 10 nitrogen and oxygen atoms in total. The zero-order valence-electron chi connectivity index (χ0n) is 22.0. The van der Waals surface area contributed by atoms with Crippen LogP contribution in [0.2, 0.25) is 0 Å². The monoisotopic (exact) mass is 608 g/mol. The van der Waals surface area contributed by atoms with Crippen molar-refractivity contribution in [2.24, 2.45) is 5.14 Å². The summed E-state index contributed by atoms with van der Waals surface area (Å²) in [5.74, 6) is 0.155. The average molecular weight is 609 g/mol. The van der Waals surface area contributed by atoms with Gasteiger partial charge in [-0.25, -0.2) is 22.6 Å². The summed E-state index contributed by atoms with van der Waals surface area (Å²) >= 11 is 0. The number of hydrogen-bond donors (Lipinski definition) is 3. The second-order valence-electron chi connectivity index (χ2n) is 9.90. The SMILES string of the molecule is COc1ccc(-c2ccc3nc(NCC4=CCC(S(N)=O)C=C4)nc(NC4(C(F)(F)F)CC4)c3n2)cc1S(C)(=O)=O. The van der Waals surface area contributed by atoms with Crippen molar-refractivity contribution in [3.8, 4) is 17.0 Å². The number of ether oxygens (including phenoxy) is 1. The number of fused-ring (bicyclic) bond motifs is 1. The van der Waals surface area contributed by atoms with Gasteiger partial charge in [0.1, 0.15) is 21.7 Å². The zero-order valence-corrected chi connectivity index (χ0v) is 23.7. The van der Waals surface area contributed by atoms with Crippen LogP contribution >= 0.6 is 0 Å². The first kappa shape index (κ1) is 29.0. The summed E-state index contributed by atoms with van der Waals surface area (Å²) in [4.78, 5) is 13.3. The quantitative estimate of drug-likeness (QED) is 0.329. The molecule has 0 aliphatic heterocycles. The van der Waals surface area contributed by atoms with E-state index in [1.165, 1.54) is 19.2 Å². The highest BCUT2D eigenvalue weighted by Crippen LogP contribution is 2.51. The van der Waals surface area contributed by atoms with Gasteiger partial charge in [0.05, 0.1) is 34.6 Å². The van der Waals surface area contributed by atoms with E-state index < -0.39 is 32.5 Å². The van der Waals surface area contributed by atoms with E-state index in [2.05, 4.69) is 25.6 Å². The third kappa shape index (κ3) is 6.06. The smallest absolute Gasteiger partial charge is 0.411 e. The van der Waals surface area contributed by atoms with Crippen molar-refractivity contribution in [1.82, 2.24) is 15.0 Å². The maximum absolute atomic E-state index is 13.9. The molecule has 41 heavy (non-hydrogen) atoms. The number of halogens is 3. The highest BCUT2D eigenvalue weighted by atomic mass is 32.2. The van der Waals surface area contributed by atoms with Gasteiger partial charge >= 0.3 is 6.18 Å². The molecule has 0 spiro atoms. The number of sulfone groups is 1. The Bertz CT molecular complexity index is 1710. The van der Waals surface area contributed by atoms with Crippen LogP contribution in [-0.2, 0) is 20.8 Å². The van der Waals surface area contributed by atoms with Crippen molar-refractivity contribution < 1.29 is 30.5 Å². The molecule has 5 rings (SSSR count). The van der Waals surface area contributed by atoms with Gasteiger partial charge < -0.3 is 15.4 Å². The van der Waals surface area contributed by atoms with Crippen LogP contribution in [0.15, 0.2) is 59.0 Å². The number of aromatic nitrogens is 3. The number of nitrogens with two attached hydrogens (primary N) is 1. The predicted molar refractivity (Wildman–Crippen MR) is 151 cm³/mol. The van der Waals surface area contributed by atoms with E-state index in [-0.39, 0.29) is 58.1 Å². The molecule has 0 bridgehead atoms. The number of alkyl halides is 3. The Labute approximate surface area is 236 Å². The van der Waals surface area contributed by atoms with Crippen LogP contribution in [0.3, 0.4) is 0 Å². The first-order valence-corrected chi connectivity index (χ1v) is 15.6. The number of methoxy groups -OCH3 is 1. The largest absolute Gasteiger partial charge is 0.495 e. The molecule has 2 heterocycles. The molecule has 4 N–H and O–H groups in total. The topological polar surface area (TPSA) is 149 Å². The Kier molecular flexibility index (Phi) is 7.55. The van der Waals surface area contributed by atoms with Gasteiger partial charge in [-0.1, -0.05) is 18.2 Å². The standard InChI is InChI=1S/C26H27F3N6O4S2/c1-39-20-10-5-16(13-21(20)41(2,37)38)18-8-9-19-22(32-18)23(35-25(11-12-25)26(27,28)29)34-24(33-19)31-14-15-3-6-17(7-4-15)40(30)36/h3-6,8-10,13,17H,7,11-12,14,30H2,1-2H3,(H2,31,33,34,35). The number of rotatable bonds is 9. The highest BCUT2D eigenvalue weighted by molar-refractivity contribution is 7.90. The van der Waals surface area contributed by atoms with Crippen LogP contribution in [0.5, 0.6) is 5.75 Å². The Hall–Kier alpha value is -3.56. The number of nitrogens with one attached hydrogen (secondary N) is 2. The molecule has 15 heteroatoms. The maximum atomic E-state index is 13.9. The zero-order chi connectivity index (χ0) is 29.6. The van der Waals surface area contributed by atoms with Gasteiger partial charge in [-0.15, -0.1) is 0 Å². The van der Waals surface area contributed by atoms with Crippen molar-refractivity contribution in [2.75, 3.05) is 30.5 Å². The van der Waals surface area contributed by atoms with E-state index in [0.717, 1.165) is 11.8 Å². The Morgan fingerprint density at radius 1 is 1.17 bits per heavy atom. The summed E-state index contributed by atoms with van der Waals surface area (Å²) in [5, 5.41) is 10.8. The lowest BCUT2D eigenvalue weighted by atomic mass is 10.1. The second kappa shape index (κ2) is 10.7. The third-order valence-corrected chi connectivity index (χ3v) is 9.00. The summed E-state index contributed by atoms with van der Waals surface area (Å²) in [6, 6.07) is 7.70. The van der Waals surface area contributed by atoms with Gasteiger partial charge in [-0.05, 0) is 55.2 Å². The number of benzene rings is 1. The Morgan fingerprint density at radius 2 is 1.93 bits per heavy atom. The number of pyridine rings is 1. The normalized spacial score (nSPS) is 19.0. The number of nitrogens with zero attached hydrogens (tertiary/aromatic N) is 3. The van der Waals surface area contributed by atoms with Crippen molar-refractivity contribution >= 4 is 43.6 Å². The van der Waals surface area contributed by atoms with Gasteiger partial charge in [0.2, 0.25) is 5.95 Å². The molecule has 2 atom stereocenters. The first-order valence-electron chi connectivity index (χ1n) is 12.5. The summed E-state index contributed by atoms with van der Waals surface area (Å²) in [6.45, 7) is 0.279. The molecule has 2 unspecified atom stereocenters. The van der Waals surface area contributed by atoms with Crippen LogP contribution < -0.4 is 20.5 Å². The van der Waals surface area contributed by atoms with Crippen LogP contribution in [0, 0.1) is 0 Å². The van der Waals surface area contributed by atoms with E-state index >= 15 is 0 Å². The molecule has 1 aromatic carbocycles. The fourth-order valence-corrected chi connectivity index (χ4v) is 5.80. The lowest BCUT2D eigenvalue weighted by Crippen LogP contribution is -2.39. The average Bonchev–Trinajstić information content (AvgIpc) is 3.72. The number of hydrogen-bond acceptors (Lipinski definition) is 9. The Balaban J connectivity index is 1.52. The molecule has 0 radical (unpaired) electrons. The van der Waals surface area contributed by atoms with Crippen LogP contribution in [-0.4, -0.2) is 64.5 Å². The van der Waals surface area contributed by atoms with Crippen LogP contribution in [0.25, 0.3) is 22.3 Å². The van der Waals surface area contributed by atoms with E-state index in [0.29, 0.717) is 17.7 Å². The second-order valence-corrected chi connectivity index (χ2v) is 13.1. The minimum atomic E-state index is -4.51. The van der Waals surface area contributed by atoms with E-state index in [9.17, 15) is 25.8 Å². The molecule has 218 valence electrons. The minimum Gasteiger partial charge on any atom is -0.495 e. The maximum Gasteiger partial charge on any atom is 0.411 e. The van der Waals surface area contributed by atoms with Crippen LogP contribution in [0.1, 0.15) is 19.3 Å². The molecule has 2 aliphatic carbocycles. The van der Waals surface area contributed by atoms with Gasteiger partial charge in [0.15, 0.2) is 15.7 Å². The molecule has 0 amide bonds. The number of allylic oxidation sites excluding steroid dienone is 1. The van der Waals surface area contributed by atoms with E-state index in [1.54, 1.807) is 30.4 Å². The lowest BCUT2D eigenvalue weighted by molar-refractivity contribution is -0.151. The number of anilines is 2. The molecule has 1 fully saturated rings. The molecule has 1 saturated carbocycles. The first-order chi connectivity index (χ1) is 19.3. The summed E-state index contributed by atoms with van der Waals surface area (Å²) in [6.07, 6.45) is 2.23. The fraction of sp³-hybridized carbons (Fsp3) is 0.346. The molecular formula is C26H27F3N6O4S2. The lowest BCUT2D eigenvalue weighted by Gasteiger charge is -2.22. The molecule has 0 saturated heterocycles. The van der Waals surface area contributed by atoms with Gasteiger partial charge in [0, 0.05) is 18.4 Å². The Morgan fingerprint density at radius 3 is 2.51 bits per heavy atom.